The first kappa shape index (κ1) is 19.9. The van der Waals surface area contributed by atoms with Crippen molar-refractivity contribution in [3.05, 3.63) is 65.8 Å². The van der Waals surface area contributed by atoms with Crippen molar-refractivity contribution in [2.75, 3.05) is 11.1 Å². The lowest BCUT2D eigenvalue weighted by atomic mass is 10.0. The monoisotopic (exact) mass is 401 g/mol. The van der Waals surface area contributed by atoms with Crippen LogP contribution >= 0.6 is 11.8 Å². The van der Waals surface area contributed by atoms with E-state index in [1.807, 2.05) is 24.3 Å². The number of para-hydroxylation sites is 1. The van der Waals surface area contributed by atoms with Crippen LogP contribution in [-0.4, -0.2) is 21.9 Å². The van der Waals surface area contributed by atoms with Gasteiger partial charge < -0.3 is 14.5 Å². The zero-order chi connectivity index (χ0) is 19.9. The summed E-state index contributed by atoms with van der Waals surface area (Å²) in [4.78, 5) is 11.9. The molecule has 0 aliphatic rings. The van der Waals surface area contributed by atoms with Gasteiger partial charge in [0.05, 0.1) is 11.4 Å². The molecule has 1 N–H and O–H groups in total. The third-order valence-electron chi connectivity index (χ3n) is 3.83. The highest BCUT2D eigenvalue weighted by Crippen LogP contribution is 2.21. The smallest absolute Gasteiger partial charge is 0.277 e. The molecular weight excluding hydrogens is 381 g/mol. The molecule has 0 atom stereocenters. The summed E-state index contributed by atoms with van der Waals surface area (Å²) >= 11 is 1.07. The molecular formula is C20H20FN3O3S. The molecule has 3 rings (SSSR count). The molecule has 2 aromatic carbocycles. The van der Waals surface area contributed by atoms with Gasteiger partial charge >= 0.3 is 0 Å². The molecule has 6 nitrogen and oxygen atoms in total. The van der Waals surface area contributed by atoms with Crippen molar-refractivity contribution in [3.8, 4) is 5.75 Å². The third-order valence-corrected chi connectivity index (χ3v) is 4.65. The second-order valence-electron chi connectivity index (χ2n) is 6.29. The van der Waals surface area contributed by atoms with Gasteiger partial charge in [0, 0.05) is 0 Å². The summed E-state index contributed by atoms with van der Waals surface area (Å²) in [7, 11) is 0. The average Bonchev–Trinajstić information content (AvgIpc) is 3.15. The van der Waals surface area contributed by atoms with Crippen LogP contribution in [0, 0.1) is 5.82 Å². The second-order valence-corrected chi connectivity index (χ2v) is 7.22. The molecule has 0 bridgehead atoms. The van der Waals surface area contributed by atoms with Crippen molar-refractivity contribution in [1.82, 2.24) is 10.2 Å². The Labute approximate surface area is 166 Å². The predicted octanol–water partition coefficient (Wildman–Crippen LogP) is 4.64. The van der Waals surface area contributed by atoms with Gasteiger partial charge in [-0.05, 0) is 35.7 Å². The van der Waals surface area contributed by atoms with Gasteiger partial charge in [-0.2, -0.15) is 0 Å². The Kier molecular flexibility index (Phi) is 6.65. The number of carbonyl (C=O) groups is 1. The number of aromatic nitrogens is 2. The van der Waals surface area contributed by atoms with E-state index in [0.717, 1.165) is 11.8 Å². The summed E-state index contributed by atoms with van der Waals surface area (Å²) in [6.45, 7) is 4.39. The fraction of sp³-hybridized carbons (Fsp3) is 0.250. The number of amides is 1. The number of halogens is 1. The summed E-state index contributed by atoms with van der Waals surface area (Å²) in [6.07, 6.45) is 0. The molecule has 3 aromatic rings. The topological polar surface area (TPSA) is 77.2 Å². The van der Waals surface area contributed by atoms with Gasteiger partial charge in [-0.1, -0.05) is 49.9 Å². The van der Waals surface area contributed by atoms with E-state index in [2.05, 4.69) is 29.4 Å². The van der Waals surface area contributed by atoms with Crippen LogP contribution in [0.15, 0.2) is 58.2 Å². The maximum atomic E-state index is 13.5. The van der Waals surface area contributed by atoms with Crippen LogP contribution in [0.25, 0.3) is 0 Å². The zero-order valence-corrected chi connectivity index (χ0v) is 16.3. The molecule has 1 aromatic heterocycles. The van der Waals surface area contributed by atoms with Crippen LogP contribution in [0.4, 0.5) is 10.1 Å². The van der Waals surface area contributed by atoms with Gasteiger partial charge in [0.15, 0.2) is 6.61 Å². The molecule has 0 saturated carbocycles. The number of carbonyl (C=O) groups excluding carboxylic acids is 1. The minimum atomic E-state index is -0.487. The van der Waals surface area contributed by atoms with Gasteiger partial charge in [-0.25, -0.2) is 4.39 Å². The number of rotatable bonds is 8. The fourth-order valence-electron chi connectivity index (χ4n) is 2.33. The lowest BCUT2D eigenvalue weighted by molar-refractivity contribution is -0.113. The standard InChI is InChI=1S/C20H20FN3O3S/c1-13(2)14-7-9-15(10-8-14)26-11-19-23-24-20(27-19)28-12-18(25)22-17-6-4-3-5-16(17)21/h3-10,13H,11-12H2,1-2H3,(H,22,25). The van der Waals surface area contributed by atoms with E-state index in [9.17, 15) is 9.18 Å². The van der Waals surface area contributed by atoms with Crippen molar-refractivity contribution in [1.29, 1.82) is 0 Å². The quantitative estimate of drug-likeness (QED) is 0.554. The fourth-order valence-corrected chi connectivity index (χ4v) is 2.91. The van der Waals surface area contributed by atoms with E-state index in [1.165, 1.54) is 17.7 Å². The number of hydrogen-bond donors (Lipinski definition) is 1. The molecule has 8 heteroatoms. The van der Waals surface area contributed by atoms with Crippen molar-refractivity contribution in [2.24, 2.45) is 0 Å². The maximum absolute atomic E-state index is 13.5. The lowest BCUT2D eigenvalue weighted by Gasteiger charge is -2.07. The van der Waals surface area contributed by atoms with E-state index < -0.39 is 5.82 Å². The van der Waals surface area contributed by atoms with Crippen LogP contribution < -0.4 is 10.1 Å². The summed E-state index contributed by atoms with van der Waals surface area (Å²) < 4.78 is 24.6. The molecule has 0 unspecified atom stereocenters. The van der Waals surface area contributed by atoms with E-state index in [0.29, 0.717) is 17.6 Å². The highest BCUT2D eigenvalue weighted by atomic mass is 32.2. The lowest BCUT2D eigenvalue weighted by Crippen LogP contribution is -2.14. The molecule has 1 amide bonds. The van der Waals surface area contributed by atoms with Crippen molar-refractivity contribution < 1.29 is 18.3 Å². The molecule has 0 aliphatic heterocycles. The van der Waals surface area contributed by atoms with Crippen LogP contribution in [0.2, 0.25) is 0 Å². The summed E-state index contributed by atoms with van der Waals surface area (Å²) in [5.74, 6) is 0.648. The molecule has 0 fully saturated rings. The third kappa shape index (κ3) is 5.56. The molecule has 1 heterocycles. The number of anilines is 1. The second kappa shape index (κ2) is 9.36. The first-order valence-electron chi connectivity index (χ1n) is 8.73. The number of benzene rings is 2. The zero-order valence-electron chi connectivity index (χ0n) is 15.5. The SMILES string of the molecule is CC(C)c1ccc(OCc2nnc(SCC(=O)Nc3ccccc3F)o2)cc1. The highest BCUT2D eigenvalue weighted by Gasteiger charge is 2.12. The average molecular weight is 401 g/mol. The van der Waals surface area contributed by atoms with Crippen LogP contribution in [0.5, 0.6) is 5.75 Å². The summed E-state index contributed by atoms with van der Waals surface area (Å²) in [6, 6.07) is 13.8. The van der Waals surface area contributed by atoms with Gasteiger partial charge in [0.25, 0.3) is 11.1 Å². The number of nitrogens with zero attached hydrogens (tertiary/aromatic N) is 2. The van der Waals surface area contributed by atoms with Crippen molar-refractivity contribution >= 4 is 23.4 Å². The van der Waals surface area contributed by atoms with Crippen LogP contribution in [0.1, 0.15) is 31.2 Å². The summed E-state index contributed by atoms with van der Waals surface area (Å²) in [5, 5.41) is 10.5. The number of thioether (sulfide) groups is 1. The Morgan fingerprint density at radius 3 is 2.64 bits per heavy atom. The Bertz CT molecular complexity index is 928. The first-order chi connectivity index (χ1) is 13.5. The maximum Gasteiger partial charge on any atom is 0.277 e. The Balaban J connectivity index is 1.46. The number of hydrogen-bond acceptors (Lipinski definition) is 6. The highest BCUT2D eigenvalue weighted by molar-refractivity contribution is 7.99. The van der Waals surface area contributed by atoms with E-state index in [-0.39, 0.29) is 29.2 Å². The van der Waals surface area contributed by atoms with Gasteiger partial charge in [0.2, 0.25) is 5.91 Å². The van der Waals surface area contributed by atoms with Crippen molar-refractivity contribution in [2.45, 2.75) is 31.6 Å². The molecule has 0 aliphatic carbocycles. The van der Waals surface area contributed by atoms with Gasteiger partial charge in [0.1, 0.15) is 11.6 Å². The molecule has 0 radical (unpaired) electrons. The minimum absolute atomic E-state index is 0.0213. The Morgan fingerprint density at radius 1 is 1.18 bits per heavy atom. The van der Waals surface area contributed by atoms with Crippen LogP contribution in [0.3, 0.4) is 0 Å². The van der Waals surface area contributed by atoms with Crippen LogP contribution in [-0.2, 0) is 11.4 Å². The minimum Gasteiger partial charge on any atom is -0.484 e. The number of nitrogens with one attached hydrogen (secondary N) is 1. The summed E-state index contributed by atoms with van der Waals surface area (Å²) in [5.41, 5.74) is 1.37. The molecule has 146 valence electrons. The molecule has 0 saturated heterocycles. The normalized spacial score (nSPS) is 10.9. The molecule has 0 spiro atoms. The van der Waals surface area contributed by atoms with E-state index in [1.54, 1.807) is 12.1 Å². The molecule has 28 heavy (non-hydrogen) atoms. The Hall–Kier alpha value is -2.87. The predicted molar refractivity (Wildman–Crippen MR) is 105 cm³/mol. The Morgan fingerprint density at radius 2 is 1.93 bits per heavy atom. The number of ether oxygens (including phenoxy) is 1. The van der Waals surface area contributed by atoms with Gasteiger partial charge in [-0.15, -0.1) is 10.2 Å². The van der Waals surface area contributed by atoms with E-state index >= 15 is 0 Å². The van der Waals surface area contributed by atoms with Gasteiger partial charge in [-0.3, -0.25) is 4.79 Å². The van der Waals surface area contributed by atoms with E-state index in [4.69, 9.17) is 9.15 Å². The first-order valence-corrected chi connectivity index (χ1v) is 9.72. The van der Waals surface area contributed by atoms with Crippen molar-refractivity contribution in [3.63, 3.8) is 0 Å². The largest absolute Gasteiger partial charge is 0.484 e.